The van der Waals surface area contributed by atoms with E-state index < -0.39 is 11.2 Å². The van der Waals surface area contributed by atoms with E-state index >= 15 is 0 Å². The molecule has 0 saturated heterocycles. The number of rotatable bonds is 6. The third-order valence-corrected chi connectivity index (χ3v) is 10.5. The van der Waals surface area contributed by atoms with Crippen molar-refractivity contribution in [1.29, 1.82) is 0 Å². The minimum absolute atomic E-state index is 0.509. The van der Waals surface area contributed by atoms with E-state index in [4.69, 9.17) is 4.74 Å². The molecule has 0 heterocycles. The normalized spacial score (nSPS) is 47.3. The van der Waals surface area contributed by atoms with Gasteiger partial charge in [0, 0.05) is 7.11 Å². The van der Waals surface area contributed by atoms with Crippen molar-refractivity contribution in [1.82, 2.24) is 0 Å². The monoisotopic (exact) mass is 420 g/mol. The lowest BCUT2D eigenvalue weighted by molar-refractivity contribution is -0.126. The fourth-order valence-corrected chi connectivity index (χ4v) is 9.12. The second-order valence-corrected chi connectivity index (χ2v) is 12.9. The van der Waals surface area contributed by atoms with Crippen LogP contribution in [0.3, 0.4) is 0 Å². The van der Waals surface area contributed by atoms with Crippen LogP contribution >= 0.6 is 0 Å². The van der Waals surface area contributed by atoms with Crippen molar-refractivity contribution in [2.45, 2.75) is 110 Å². The van der Waals surface area contributed by atoms with Crippen LogP contribution in [0.1, 0.15) is 98.3 Å². The molecule has 4 fully saturated rings. The van der Waals surface area contributed by atoms with E-state index in [1.54, 1.807) is 7.11 Å². The molecule has 0 aliphatic heterocycles. The van der Waals surface area contributed by atoms with Crippen molar-refractivity contribution in [3.05, 3.63) is 0 Å². The average molecular weight is 421 g/mol. The van der Waals surface area contributed by atoms with Crippen LogP contribution in [0.15, 0.2) is 0 Å². The highest BCUT2D eigenvalue weighted by molar-refractivity contribution is 5.07. The van der Waals surface area contributed by atoms with Crippen LogP contribution < -0.4 is 0 Å². The first-order valence-electron chi connectivity index (χ1n) is 13.0. The quantitative estimate of drug-likeness (QED) is 0.569. The number of methoxy groups -OCH3 is 1. The van der Waals surface area contributed by atoms with Crippen molar-refractivity contribution >= 4 is 0 Å². The van der Waals surface area contributed by atoms with Gasteiger partial charge in [-0.2, -0.15) is 0 Å². The molecule has 0 amide bonds. The summed E-state index contributed by atoms with van der Waals surface area (Å²) < 4.78 is 5.35. The van der Waals surface area contributed by atoms with Gasteiger partial charge in [-0.25, -0.2) is 0 Å². The van der Waals surface area contributed by atoms with E-state index in [0.29, 0.717) is 17.9 Å². The number of ether oxygens (including phenoxy) is 1. The molecule has 3 nitrogen and oxygen atoms in total. The maximum absolute atomic E-state index is 11.0. The molecule has 2 N–H and O–H groups in total. The number of aliphatic hydroxyl groups is 2. The van der Waals surface area contributed by atoms with E-state index in [9.17, 15) is 10.2 Å². The molecule has 0 bridgehead atoms. The summed E-state index contributed by atoms with van der Waals surface area (Å²) in [6.45, 7) is 9.53. The summed E-state index contributed by atoms with van der Waals surface area (Å²) in [6, 6.07) is 0. The number of fused-ring (bicyclic) bond motifs is 5. The molecule has 0 spiro atoms. The molecule has 4 saturated carbocycles. The molecule has 4 aliphatic carbocycles. The van der Waals surface area contributed by atoms with Gasteiger partial charge in [-0.3, -0.25) is 0 Å². The van der Waals surface area contributed by atoms with E-state index in [-0.39, 0.29) is 0 Å². The zero-order valence-electron chi connectivity index (χ0n) is 20.3. The Labute approximate surface area is 185 Å². The van der Waals surface area contributed by atoms with E-state index in [1.165, 1.54) is 44.9 Å². The van der Waals surface area contributed by atoms with Crippen LogP contribution in [0.4, 0.5) is 0 Å². The third kappa shape index (κ3) is 4.25. The van der Waals surface area contributed by atoms with E-state index in [2.05, 4.69) is 13.8 Å². The zero-order chi connectivity index (χ0) is 21.7. The summed E-state index contributed by atoms with van der Waals surface area (Å²) in [7, 11) is 1.72. The lowest BCUT2D eigenvalue weighted by Crippen LogP contribution is -2.52. The largest absolute Gasteiger partial charge is 0.390 e. The SMILES string of the molecule is COC[C@]1(O)CC[C@H]2[C@@H](CC[C@@H]3[C@@H]2CC[C@]2(C)[C@@H]([C@H](C)CCC(C)(C)O)CC[C@@H]32)C1. The van der Waals surface area contributed by atoms with E-state index in [1.807, 2.05) is 13.8 Å². The van der Waals surface area contributed by atoms with Crippen LogP contribution in [-0.2, 0) is 4.74 Å². The highest BCUT2D eigenvalue weighted by Crippen LogP contribution is 2.66. The molecular formula is C27H48O3. The van der Waals surface area contributed by atoms with Gasteiger partial charge in [0.15, 0.2) is 0 Å². The number of hydrogen-bond acceptors (Lipinski definition) is 3. The second-order valence-electron chi connectivity index (χ2n) is 12.9. The van der Waals surface area contributed by atoms with Gasteiger partial charge < -0.3 is 14.9 Å². The molecule has 4 rings (SSSR count). The summed E-state index contributed by atoms with van der Waals surface area (Å²) in [4.78, 5) is 0. The molecule has 0 radical (unpaired) electrons. The van der Waals surface area contributed by atoms with Crippen LogP contribution in [0.2, 0.25) is 0 Å². The van der Waals surface area contributed by atoms with Gasteiger partial charge in [0.25, 0.3) is 0 Å². The smallest absolute Gasteiger partial charge is 0.0882 e. The Bertz CT molecular complexity index is 597. The molecule has 0 unspecified atom stereocenters. The topological polar surface area (TPSA) is 49.7 Å². The predicted octanol–water partition coefficient (Wildman–Crippen LogP) is 5.82. The molecule has 0 aromatic heterocycles. The Kier molecular flexibility index (Phi) is 6.41. The Hall–Kier alpha value is -0.120. The zero-order valence-corrected chi connectivity index (χ0v) is 20.3. The summed E-state index contributed by atoms with van der Waals surface area (Å²) in [5.41, 5.74) is -0.590. The lowest BCUT2D eigenvalue weighted by Gasteiger charge is -2.57. The Morgan fingerprint density at radius 1 is 1.00 bits per heavy atom. The highest BCUT2D eigenvalue weighted by atomic mass is 16.5. The van der Waals surface area contributed by atoms with Crippen molar-refractivity contribution < 1.29 is 14.9 Å². The van der Waals surface area contributed by atoms with Crippen LogP contribution in [0.25, 0.3) is 0 Å². The Balaban J connectivity index is 1.43. The van der Waals surface area contributed by atoms with Gasteiger partial charge in [0.2, 0.25) is 0 Å². The van der Waals surface area contributed by atoms with Gasteiger partial charge in [-0.05, 0) is 131 Å². The van der Waals surface area contributed by atoms with Gasteiger partial charge in [-0.15, -0.1) is 0 Å². The number of hydrogen-bond donors (Lipinski definition) is 2. The van der Waals surface area contributed by atoms with Gasteiger partial charge >= 0.3 is 0 Å². The highest BCUT2D eigenvalue weighted by Gasteiger charge is 2.58. The molecule has 3 heteroatoms. The fourth-order valence-electron chi connectivity index (χ4n) is 9.12. The molecular weight excluding hydrogens is 372 g/mol. The van der Waals surface area contributed by atoms with Crippen molar-refractivity contribution in [3.8, 4) is 0 Å². The standard InChI is InChI=1S/C27H48O3/c1-18(10-13-25(2,3)28)23-8-9-24-22-7-6-19-16-27(29,17-30-5)15-12-20(19)21(22)11-14-26(23,24)4/h18-24,28-29H,6-17H2,1-5H3/t18-,19+,20+,21-,22-,23-,24+,26-,27+/m1/s1. The maximum Gasteiger partial charge on any atom is 0.0882 e. The lowest BCUT2D eigenvalue weighted by atomic mass is 9.48. The predicted molar refractivity (Wildman–Crippen MR) is 122 cm³/mol. The second kappa shape index (κ2) is 8.34. The van der Waals surface area contributed by atoms with Crippen LogP contribution in [-0.4, -0.2) is 35.1 Å². The van der Waals surface area contributed by atoms with Crippen LogP contribution in [0, 0.1) is 46.8 Å². The molecule has 9 atom stereocenters. The molecule has 0 aromatic rings. The minimum Gasteiger partial charge on any atom is -0.390 e. The first-order valence-corrected chi connectivity index (χ1v) is 13.0. The first-order chi connectivity index (χ1) is 14.1. The van der Waals surface area contributed by atoms with Crippen molar-refractivity contribution in [3.63, 3.8) is 0 Å². The molecule has 0 aromatic carbocycles. The summed E-state index contributed by atoms with van der Waals surface area (Å²) in [5, 5.41) is 21.2. The maximum atomic E-state index is 11.0. The van der Waals surface area contributed by atoms with Gasteiger partial charge in [0.1, 0.15) is 0 Å². The summed E-state index contributed by atoms with van der Waals surface area (Å²) in [5.74, 6) is 5.85. The van der Waals surface area contributed by atoms with Crippen molar-refractivity contribution in [2.75, 3.05) is 13.7 Å². The molecule has 174 valence electrons. The van der Waals surface area contributed by atoms with Crippen molar-refractivity contribution in [2.24, 2.45) is 46.8 Å². The fraction of sp³-hybridized carbons (Fsp3) is 1.00. The molecule has 30 heavy (non-hydrogen) atoms. The van der Waals surface area contributed by atoms with Crippen LogP contribution in [0.5, 0.6) is 0 Å². The minimum atomic E-state index is -0.569. The summed E-state index contributed by atoms with van der Waals surface area (Å²) in [6.07, 6.45) is 13.6. The summed E-state index contributed by atoms with van der Waals surface area (Å²) >= 11 is 0. The Morgan fingerprint density at radius 2 is 1.73 bits per heavy atom. The average Bonchev–Trinajstić information content (AvgIpc) is 3.02. The molecule has 4 aliphatic rings. The third-order valence-electron chi connectivity index (χ3n) is 10.5. The Morgan fingerprint density at radius 3 is 2.43 bits per heavy atom. The van der Waals surface area contributed by atoms with Gasteiger partial charge in [-0.1, -0.05) is 13.8 Å². The first kappa shape index (κ1) is 23.1. The van der Waals surface area contributed by atoms with E-state index in [0.717, 1.165) is 61.2 Å². The van der Waals surface area contributed by atoms with Gasteiger partial charge in [0.05, 0.1) is 17.8 Å².